The fourth-order valence-electron chi connectivity index (χ4n) is 4.77. The quantitative estimate of drug-likeness (QED) is 0.296. The average Bonchev–Trinajstić information content (AvgIpc) is 2.93. The maximum absolute atomic E-state index is 13.6. The Kier molecular flexibility index (Phi) is 11.7. The van der Waals surface area contributed by atoms with Gasteiger partial charge >= 0.3 is 5.97 Å². The number of aromatic nitrogens is 2. The lowest BCUT2D eigenvalue weighted by atomic mass is 9.87. The largest absolute Gasteiger partial charge is 0.461 e. The van der Waals surface area contributed by atoms with E-state index in [1.54, 1.807) is 6.20 Å². The van der Waals surface area contributed by atoms with Gasteiger partial charge in [-0.3, -0.25) is 33.9 Å². The van der Waals surface area contributed by atoms with Gasteiger partial charge in [-0.15, -0.1) is 0 Å². The molecule has 1 aromatic carbocycles. The number of amides is 2. The Balaban J connectivity index is 1.70. The number of ether oxygens (including phenoxy) is 1. The van der Waals surface area contributed by atoms with E-state index in [2.05, 4.69) is 20.6 Å². The number of nitrogens with zero attached hydrogens (tertiary/aromatic N) is 2. The monoisotopic (exact) mass is 564 g/mol. The van der Waals surface area contributed by atoms with E-state index in [0.29, 0.717) is 24.2 Å². The van der Waals surface area contributed by atoms with E-state index in [-0.39, 0.29) is 50.0 Å². The van der Waals surface area contributed by atoms with Crippen LogP contribution in [0.4, 0.5) is 0 Å². The third-order valence-electron chi connectivity index (χ3n) is 7.08. The zero-order chi connectivity index (χ0) is 29.9. The van der Waals surface area contributed by atoms with Gasteiger partial charge in [0.25, 0.3) is 5.91 Å². The standard InChI is InChI=1S/C31H40N4O6/c1-19(2)12-26(35-30(39)25(20(3)4)15-28(37)41-18-21-8-6-5-7-9-21)27(36)14-22-13-24-17-32-16-23(34-24)10-11-33-31(40)29(22)38/h5-9,16-17,19-20,22,25-26H,10-15,18H2,1-4H3,(H,33,40)(H,35,39). The summed E-state index contributed by atoms with van der Waals surface area (Å²) >= 11 is 0. The van der Waals surface area contributed by atoms with Crippen LogP contribution in [-0.2, 0) is 48.2 Å². The first-order valence-corrected chi connectivity index (χ1v) is 14.2. The lowest BCUT2D eigenvalue weighted by Gasteiger charge is -2.26. The SMILES string of the molecule is CC(C)CC(NC(=O)C(CC(=O)OCc1ccccc1)C(C)C)C(=O)CC1Cc2cncc(n2)CCNC(=O)C1=O. The van der Waals surface area contributed by atoms with E-state index in [1.807, 2.05) is 58.0 Å². The summed E-state index contributed by atoms with van der Waals surface area (Å²) in [4.78, 5) is 73.7. The van der Waals surface area contributed by atoms with Gasteiger partial charge in [-0.1, -0.05) is 58.0 Å². The van der Waals surface area contributed by atoms with Gasteiger partial charge in [-0.25, -0.2) is 0 Å². The molecule has 0 saturated carbocycles. The first-order chi connectivity index (χ1) is 19.5. The zero-order valence-electron chi connectivity index (χ0n) is 24.2. The summed E-state index contributed by atoms with van der Waals surface area (Å²) < 4.78 is 5.39. The highest BCUT2D eigenvalue weighted by Gasteiger charge is 2.34. The molecule has 2 N–H and O–H groups in total. The number of carbonyl (C=O) groups is 5. The molecule has 10 heteroatoms. The van der Waals surface area contributed by atoms with Crippen LogP contribution in [0.15, 0.2) is 42.7 Å². The summed E-state index contributed by atoms with van der Waals surface area (Å²) in [5, 5.41) is 5.44. The molecule has 0 fully saturated rings. The number of hydrogen-bond acceptors (Lipinski definition) is 8. The normalized spacial score (nSPS) is 17.0. The van der Waals surface area contributed by atoms with Crippen LogP contribution in [0, 0.1) is 23.7 Å². The highest BCUT2D eigenvalue weighted by molar-refractivity contribution is 6.37. The van der Waals surface area contributed by atoms with Crippen molar-refractivity contribution in [2.24, 2.45) is 23.7 Å². The molecule has 1 aliphatic heterocycles. The van der Waals surface area contributed by atoms with Crippen LogP contribution in [0.25, 0.3) is 0 Å². The van der Waals surface area contributed by atoms with E-state index in [9.17, 15) is 24.0 Å². The molecule has 3 rings (SSSR count). The smallest absolute Gasteiger partial charge is 0.306 e. The number of rotatable bonds is 12. The van der Waals surface area contributed by atoms with E-state index in [1.165, 1.54) is 6.20 Å². The predicted octanol–water partition coefficient (Wildman–Crippen LogP) is 2.77. The number of ketones is 2. The number of esters is 1. The van der Waals surface area contributed by atoms with Crippen LogP contribution in [0.2, 0.25) is 0 Å². The Morgan fingerprint density at radius 1 is 1.05 bits per heavy atom. The topological polar surface area (TPSA) is 144 Å². The zero-order valence-corrected chi connectivity index (χ0v) is 24.2. The van der Waals surface area contributed by atoms with E-state index < -0.39 is 41.4 Å². The minimum Gasteiger partial charge on any atom is -0.461 e. The molecule has 2 aromatic rings. The number of carbonyl (C=O) groups excluding carboxylic acids is 5. The lowest BCUT2D eigenvalue weighted by molar-refractivity contribution is -0.149. The second kappa shape index (κ2) is 15.2. The molecule has 0 saturated heterocycles. The van der Waals surface area contributed by atoms with E-state index in [4.69, 9.17) is 4.74 Å². The van der Waals surface area contributed by atoms with Crippen molar-refractivity contribution in [3.63, 3.8) is 0 Å². The Bertz CT molecular complexity index is 1230. The molecule has 2 heterocycles. The van der Waals surface area contributed by atoms with Crippen molar-refractivity contribution in [2.45, 2.75) is 72.4 Å². The van der Waals surface area contributed by atoms with Crippen LogP contribution >= 0.6 is 0 Å². The predicted molar refractivity (Wildman–Crippen MR) is 151 cm³/mol. The lowest BCUT2D eigenvalue weighted by Crippen LogP contribution is -2.47. The molecule has 2 bridgehead atoms. The van der Waals surface area contributed by atoms with Crippen molar-refractivity contribution in [3.8, 4) is 0 Å². The van der Waals surface area contributed by atoms with Crippen molar-refractivity contribution in [1.29, 1.82) is 0 Å². The third-order valence-corrected chi connectivity index (χ3v) is 7.08. The Labute approximate surface area is 241 Å². The van der Waals surface area contributed by atoms with Crippen LogP contribution in [0.5, 0.6) is 0 Å². The summed E-state index contributed by atoms with van der Waals surface area (Å²) in [6.45, 7) is 7.87. The van der Waals surface area contributed by atoms with Crippen LogP contribution in [0.1, 0.15) is 63.9 Å². The van der Waals surface area contributed by atoms with Crippen molar-refractivity contribution in [3.05, 3.63) is 59.7 Å². The summed E-state index contributed by atoms with van der Waals surface area (Å²) in [6.07, 6.45) is 3.65. The Hall–Kier alpha value is -3.95. The molecule has 41 heavy (non-hydrogen) atoms. The van der Waals surface area contributed by atoms with Crippen molar-refractivity contribution >= 4 is 29.4 Å². The van der Waals surface area contributed by atoms with Crippen molar-refractivity contribution in [2.75, 3.05) is 6.54 Å². The van der Waals surface area contributed by atoms with Crippen LogP contribution in [0.3, 0.4) is 0 Å². The number of fused-ring (bicyclic) bond motifs is 2. The number of Topliss-reactive ketones (excluding diaryl/α,β-unsaturated/α-hetero) is 2. The first-order valence-electron chi connectivity index (χ1n) is 14.2. The minimum absolute atomic E-state index is 0.0585. The molecule has 3 unspecified atom stereocenters. The highest BCUT2D eigenvalue weighted by atomic mass is 16.5. The van der Waals surface area contributed by atoms with E-state index >= 15 is 0 Å². The Morgan fingerprint density at radius 3 is 2.44 bits per heavy atom. The van der Waals surface area contributed by atoms with Gasteiger partial charge in [0.1, 0.15) is 6.61 Å². The molecule has 220 valence electrons. The van der Waals surface area contributed by atoms with Gasteiger partial charge < -0.3 is 15.4 Å². The average molecular weight is 565 g/mol. The van der Waals surface area contributed by atoms with Gasteiger partial charge in [0.05, 0.1) is 29.8 Å². The molecule has 3 atom stereocenters. The van der Waals surface area contributed by atoms with Gasteiger partial charge in [-0.2, -0.15) is 0 Å². The van der Waals surface area contributed by atoms with Crippen molar-refractivity contribution in [1.82, 2.24) is 20.6 Å². The van der Waals surface area contributed by atoms with Crippen LogP contribution < -0.4 is 10.6 Å². The summed E-state index contributed by atoms with van der Waals surface area (Å²) in [5.41, 5.74) is 2.06. The Morgan fingerprint density at radius 2 is 1.76 bits per heavy atom. The number of benzene rings is 1. The molecule has 1 aliphatic rings. The maximum Gasteiger partial charge on any atom is 0.306 e. The van der Waals surface area contributed by atoms with Gasteiger partial charge in [0, 0.05) is 44.1 Å². The van der Waals surface area contributed by atoms with E-state index in [0.717, 1.165) is 5.56 Å². The molecule has 0 spiro atoms. The highest BCUT2D eigenvalue weighted by Crippen LogP contribution is 2.21. The van der Waals surface area contributed by atoms with Gasteiger partial charge in [-0.05, 0) is 23.8 Å². The first kappa shape index (κ1) is 31.6. The van der Waals surface area contributed by atoms with Gasteiger partial charge in [0.15, 0.2) is 5.78 Å². The summed E-state index contributed by atoms with van der Waals surface area (Å²) in [7, 11) is 0. The molecule has 2 amide bonds. The molecule has 10 nitrogen and oxygen atoms in total. The minimum atomic E-state index is -0.939. The van der Waals surface area contributed by atoms with Crippen molar-refractivity contribution < 1.29 is 28.7 Å². The second-order valence-corrected chi connectivity index (χ2v) is 11.3. The fourth-order valence-corrected chi connectivity index (χ4v) is 4.77. The summed E-state index contributed by atoms with van der Waals surface area (Å²) in [5.74, 6) is -4.49. The van der Waals surface area contributed by atoms with Crippen LogP contribution in [-0.4, -0.2) is 51.9 Å². The fraction of sp³-hybridized carbons (Fsp3) is 0.516. The van der Waals surface area contributed by atoms with Gasteiger partial charge in [0.2, 0.25) is 11.7 Å². The molecule has 0 aliphatic carbocycles. The molecule has 1 aromatic heterocycles. The molecular weight excluding hydrogens is 524 g/mol. The molecule has 0 radical (unpaired) electrons. The third kappa shape index (κ3) is 9.88. The second-order valence-electron chi connectivity index (χ2n) is 11.3. The molecular formula is C31H40N4O6. The maximum atomic E-state index is 13.6. The summed E-state index contributed by atoms with van der Waals surface area (Å²) in [6, 6.07) is 8.38. The number of nitrogens with one attached hydrogen (secondary N) is 2. The number of hydrogen-bond donors (Lipinski definition) is 2.